The van der Waals surface area contributed by atoms with E-state index in [4.69, 9.17) is 9.47 Å². The molecule has 2 heterocycles. The van der Waals surface area contributed by atoms with Gasteiger partial charge in [0.05, 0.1) is 31.8 Å². The molecule has 5 heteroatoms. The van der Waals surface area contributed by atoms with Crippen molar-refractivity contribution in [3.63, 3.8) is 0 Å². The van der Waals surface area contributed by atoms with E-state index in [9.17, 15) is 4.79 Å². The summed E-state index contributed by atoms with van der Waals surface area (Å²) >= 11 is 0. The molecule has 2 fully saturated rings. The van der Waals surface area contributed by atoms with E-state index in [2.05, 4.69) is 24.0 Å². The van der Waals surface area contributed by atoms with Crippen LogP contribution in [0, 0.1) is 0 Å². The van der Waals surface area contributed by atoms with Crippen LogP contribution in [-0.4, -0.2) is 74.4 Å². The van der Waals surface area contributed by atoms with Gasteiger partial charge in [0, 0.05) is 32.7 Å². The summed E-state index contributed by atoms with van der Waals surface area (Å²) in [5, 5.41) is 0. The maximum Gasteiger partial charge on any atom is 0.230 e. The number of amides is 1. The van der Waals surface area contributed by atoms with Gasteiger partial charge in [0.15, 0.2) is 0 Å². The minimum atomic E-state index is -0.00664. The molecule has 2 atom stereocenters. The molecule has 25 heavy (non-hydrogen) atoms. The normalized spacial score (nSPS) is 23.4. The molecule has 1 amide bonds. The Kier molecular flexibility index (Phi) is 6.84. The second-order valence-corrected chi connectivity index (χ2v) is 6.95. The van der Waals surface area contributed by atoms with E-state index in [1.165, 1.54) is 0 Å². The SMILES string of the molecule is CCC[C@@H](C(=O)N1CCN(C[C@H]2COCCO2)CC1)c1ccccc1. The van der Waals surface area contributed by atoms with Crippen LogP contribution in [0.25, 0.3) is 0 Å². The Morgan fingerprint density at radius 3 is 2.56 bits per heavy atom. The highest BCUT2D eigenvalue weighted by Crippen LogP contribution is 2.24. The highest BCUT2D eigenvalue weighted by molar-refractivity contribution is 5.83. The van der Waals surface area contributed by atoms with Crippen molar-refractivity contribution in [1.82, 2.24) is 9.80 Å². The van der Waals surface area contributed by atoms with Crippen LogP contribution in [-0.2, 0) is 14.3 Å². The molecule has 0 bridgehead atoms. The Labute approximate surface area is 150 Å². The lowest BCUT2D eigenvalue weighted by molar-refractivity contribution is -0.135. The first-order valence-electron chi connectivity index (χ1n) is 9.53. The van der Waals surface area contributed by atoms with Crippen LogP contribution in [0.5, 0.6) is 0 Å². The summed E-state index contributed by atoms with van der Waals surface area (Å²) in [6.07, 6.45) is 2.11. The number of hydrogen-bond donors (Lipinski definition) is 0. The van der Waals surface area contributed by atoms with Gasteiger partial charge in [-0.25, -0.2) is 0 Å². The van der Waals surface area contributed by atoms with Gasteiger partial charge < -0.3 is 14.4 Å². The number of hydrogen-bond acceptors (Lipinski definition) is 4. The van der Waals surface area contributed by atoms with Crippen LogP contribution in [0.2, 0.25) is 0 Å². The Bertz CT molecular complexity index is 523. The molecule has 0 unspecified atom stereocenters. The molecule has 2 aliphatic rings. The lowest BCUT2D eigenvalue weighted by Gasteiger charge is -2.38. The van der Waals surface area contributed by atoms with Crippen LogP contribution < -0.4 is 0 Å². The summed E-state index contributed by atoms with van der Waals surface area (Å²) in [6.45, 7) is 8.57. The lowest BCUT2D eigenvalue weighted by Crippen LogP contribution is -2.52. The van der Waals surface area contributed by atoms with Crippen LogP contribution in [0.3, 0.4) is 0 Å². The molecule has 0 spiro atoms. The van der Waals surface area contributed by atoms with E-state index in [-0.39, 0.29) is 17.9 Å². The minimum Gasteiger partial charge on any atom is -0.376 e. The summed E-state index contributed by atoms with van der Waals surface area (Å²) in [7, 11) is 0. The number of nitrogens with zero attached hydrogens (tertiary/aromatic N) is 2. The smallest absolute Gasteiger partial charge is 0.230 e. The molecule has 5 nitrogen and oxygen atoms in total. The predicted molar refractivity (Wildman–Crippen MR) is 97.7 cm³/mol. The Morgan fingerprint density at radius 2 is 1.92 bits per heavy atom. The number of rotatable bonds is 6. The average Bonchev–Trinajstić information content (AvgIpc) is 2.68. The van der Waals surface area contributed by atoms with Gasteiger partial charge in [0.25, 0.3) is 0 Å². The van der Waals surface area contributed by atoms with Crippen molar-refractivity contribution in [1.29, 1.82) is 0 Å². The first-order valence-corrected chi connectivity index (χ1v) is 9.53. The summed E-state index contributed by atoms with van der Waals surface area (Å²) in [5.41, 5.74) is 1.14. The molecular weight excluding hydrogens is 316 g/mol. The van der Waals surface area contributed by atoms with Gasteiger partial charge in [-0.2, -0.15) is 0 Å². The standard InChI is InChI=1S/C20H30N2O3/c1-2-6-19(17-7-4-3-5-8-17)20(23)22-11-9-21(10-12-22)15-18-16-24-13-14-25-18/h3-5,7-8,18-19H,2,6,9-16H2,1H3/t18-,19+/m0/s1. The van der Waals surface area contributed by atoms with Crippen molar-refractivity contribution in [2.75, 3.05) is 52.5 Å². The fourth-order valence-corrected chi connectivity index (χ4v) is 3.71. The van der Waals surface area contributed by atoms with Gasteiger partial charge >= 0.3 is 0 Å². The summed E-state index contributed by atoms with van der Waals surface area (Å²) in [4.78, 5) is 17.5. The first kappa shape index (κ1) is 18.4. The van der Waals surface area contributed by atoms with Crippen molar-refractivity contribution in [3.8, 4) is 0 Å². The minimum absolute atomic E-state index is 0.00664. The second kappa shape index (κ2) is 9.32. The molecule has 0 aliphatic carbocycles. The summed E-state index contributed by atoms with van der Waals surface area (Å²) in [5.74, 6) is 0.276. The third-order valence-electron chi connectivity index (χ3n) is 5.11. The van der Waals surface area contributed by atoms with E-state index in [0.29, 0.717) is 19.8 Å². The van der Waals surface area contributed by atoms with Gasteiger partial charge in [-0.3, -0.25) is 9.69 Å². The molecular formula is C20H30N2O3. The van der Waals surface area contributed by atoms with Crippen LogP contribution in [0.4, 0.5) is 0 Å². The monoisotopic (exact) mass is 346 g/mol. The zero-order valence-electron chi connectivity index (χ0n) is 15.2. The fourth-order valence-electron chi connectivity index (χ4n) is 3.71. The van der Waals surface area contributed by atoms with Gasteiger partial charge in [-0.15, -0.1) is 0 Å². The maximum atomic E-state index is 13.0. The quantitative estimate of drug-likeness (QED) is 0.791. The fraction of sp³-hybridized carbons (Fsp3) is 0.650. The van der Waals surface area contributed by atoms with E-state index in [1.54, 1.807) is 0 Å². The molecule has 3 rings (SSSR count). The molecule has 2 saturated heterocycles. The summed E-state index contributed by atoms with van der Waals surface area (Å²) < 4.78 is 11.2. The number of carbonyl (C=O) groups is 1. The van der Waals surface area contributed by atoms with Crippen LogP contribution in [0.15, 0.2) is 30.3 Å². The zero-order chi connectivity index (χ0) is 17.5. The van der Waals surface area contributed by atoms with Crippen LogP contribution >= 0.6 is 0 Å². The maximum absolute atomic E-state index is 13.0. The Morgan fingerprint density at radius 1 is 1.16 bits per heavy atom. The molecule has 138 valence electrons. The van der Waals surface area contributed by atoms with Gasteiger partial charge in [-0.1, -0.05) is 43.7 Å². The van der Waals surface area contributed by atoms with E-state index < -0.39 is 0 Å². The number of piperazine rings is 1. The molecule has 0 radical (unpaired) electrons. The number of ether oxygens (including phenoxy) is 2. The topological polar surface area (TPSA) is 42.0 Å². The Balaban J connectivity index is 1.52. The molecule has 0 aromatic heterocycles. The highest BCUT2D eigenvalue weighted by Gasteiger charge is 2.29. The first-order chi connectivity index (χ1) is 12.3. The molecule has 1 aromatic carbocycles. The predicted octanol–water partition coefficient (Wildman–Crippen LogP) is 2.13. The van der Waals surface area contributed by atoms with Crippen molar-refractivity contribution in [2.24, 2.45) is 0 Å². The zero-order valence-corrected chi connectivity index (χ0v) is 15.2. The largest absolute Gasteiger partial charge is 0.376 e. The number of carbonyl (C=O) groups excluding carboxylic acids is 1. The third kappa shape index (κ3) is 5.03. The summed E-state index contributed by atoms with van der Waals surface area (Å²) in [6, 6.07) is 10.2. The third-order valence-corrected chi connectivity index (χ3v) is 5.11. The van der Waals surface area contributed by atoms with E-state index in [0.717, 1.165) is 51.1 Å². The highest BCUT2D eigenvalue weighted by atomic mass is 16.6. The van der Waals surface area contributed by atoms with Crippen molar-refractivity contribution in [2.45, 2.75) is 31.8 Å². The van der Waals surface area contributed by atoms with Crippen LogP contribution in [0.1, 0.15) is 31.2 Å². The Hall–Kier alpha value is -1.43. The second-order valence-electron chi connectivity index (χ2n) is 6.95. The van der Waals surface area contributed by atoms with E-state index in [1.807, 2.05) is 23.1 Å². The molecule has 0 N–H and O–H groups in total. The average molecular weight is 346 g/mol. The van der Waals surface area contributed by atoms with Gasteiger partial charge in [0.2, 0.25) is 5.91 Å². The van der Waals surface area contributed by atoms with Crippen molar-refractivity contribution < 1.29 is 14.3 Å². The lowest BCUT2D eigenvalue weighted by atomic mass is 9.93. The number of benzene rings is 1. The molecule has 0 saturated carbocycles. The van der Waals surface area contributed by atoms with Crippen molar-refractivity contribution >= 4 is 5.91 Å². The molecule has 2 aliphatic heterocycles. The molecule has 1 aromatic rings. The van der Waals surface area contributed by atoms with Gasteiger partial charge in [-0.05, 0) is 12.0 Å². The van der Waals surface area contributed by atoms with Gasteiger partial charge in [0.1, 0.15) is 0 Å². The van der Waals surface area contributed by atoms with E-state index >= 15 is 0 Å². The van der Waals surface area contributed by atoms with Crippen molar-refractivity contribution in [3.05, 3.63) is 35.9 Å².